The maximum Gasteiger partial charge on any atom is 0.328 e. The van der Waals surface area contributed by atoms with Gasteiger partial charge in [-0.15, -0.1) is 0 Å². The highest BCUT2D eigenvalue weighted by molar-refractivity contribution is 5.97. The summed E-state index contributed by atoms with van der Waals surface area (Å²) in [6.07, 6.45) is 0. The predicted molar refractivity (Wildman–Crippen MR) is 65.6 cm³/mol. The molecule has 0 aliphatic heterocycles. The largest absolute Gasteiger partial charge is 0.490 e. The normalized spacial score (nSPS) is 11.5. The minimum atomic E-state index is -1.45. The number of hydrogen-bond donors (Lipinski definition) is 3. The zero-order valence-electron chi connectivity index (χ0n) is 10.4. The number of carboxylic acid groups (broad SMARTS) is 1. The van der Waals surface area contributed by atoms with Crippen LogP contribution in [-0.2, 0) is 4.79 Å². The molecule has 0 unspecified atom stereocenters. The van der Waals surface area contributed by atoms with Gasteiger partial charge in [0, 0.05) is 17.7 Å². The molecule has 0 aromatic heterocycles. The van der Waals surface area contributed by atoms with E-state index in [4.69, 9.17) is 14.9 Å². The van der Waals surface area contributed by atoms with Crippen molar-refractivity contribution in [1.82, 2.24) is 5.32 Å². The van der Waals surface area contributed by atoms with Gasteiger partial charge >= 0.3 is 11.7 Å². The molecule has 1 amide bonds. The number of nitro benzene ring substituents is 1. The lowest BCUT2D eigenvalue weighted by Gasteiger charge is -2.12. The molecule has 0 bridgehead atoms. The van der Waals surface area contributed by atoms with E-state index in [9.17, 15) is 19.7 Å². The molecule has 0 saturated carbocycles. The number of rotatable bonds is 6. The topological polar surface area (TPSA) is 139 Å². The molecular formula is C11H12N2O7. The Kier molecular flexibility index (Phi) is 4.98. The van der Waals surface area contributed by atoms with E-state index in [2.05, 4.69) is 5.32 Å². The fraction of sp³-hybridized carbons (Fsp3) is 0.273. The van der Waals surface area contributed by atoms with E-state index < -0.39 is 29.4 Å². The molecule has 1 atom stereocenters. The van der Waals surface area contributed by atoms with Crippen molar-refractivity contribution in [3.8, 4) is 5.75 Å². The minimum Gasteiger partial charge on any atom is -0.490 e. The van der Waals surface area contributed by atoms with E-state index in [-0.39, 0.29) is 17.0 Å². The molecule has 1 aromatic carbocycles. The van der Waals surface area contributed by atoms with Crippen molar-refractivity contribution >= 4 is 17.6 Å². The zero-order chi connectivity index (χ0) is 15.3. The summed E-state index contributed by atoms with van der Waals surface area (Å²) in [5.41, 5.74) is -0.340. The zero-order valence-corrected chi connectivity index (χ0v) is 10.4. The Morgan fingerprint density at radius 2 is 2.15 bits per heavy atom. The summed E-state index contributed by atoms with van der Waals surface area (Å²) in [7, 11) is 1.21. The van der Waals surface area contributed by atoms with Gasteiger partial charge in [0.05, 0.1) is 18.6 Å². The molecule has 0 heterocycles. The second kappa shape index (κ2) is 6.48. The van der Waals surface area contributed by atoms with Crippen LogP contribution in [0.25, 0.3) is 0 Å². The molecule has 0 fully saturated rings. The molecule has 0 aliphatic rings. The summed E-state index contributed by atoms with van der Waals surface area (Å²) in [5, 5.41) is 30.3. The van der Waals surface area contributed by atoms with Gasteiger partial charge in [-0.3, -0.25) is 14.9 Å². The van der Waals surface area contributed by atoms with Gasteiger partial charge in [-0.05, 0) is 6.07 Å². The number of benzene rings is 1. The van der Waals surface area contributed by atoms with Gasteiger partial charge in [0.25, 0.3) is 5.91 Å². The van der Waals surface area contributed by atoms with Gasteiger partial charge in [-0.25, -0.2) is 4.79 Å². The molecule has 0 aliphatic carbocycles. The highest BCUT2D eigenvalue weighted by Crippen LogP contribution is 2.27. The average molecular weight is 284 g/mol. The van der Waals surface area contributed by atoms with E-state index in [1.165, 1.54) is 7.11 Å². The third-order valence-electron chi connectivity index (χ3n) is 2.42. The van der Waals surface area contributed by atoms with Crippen LogP contribution in [0.4, 0.5) is 5.69 Å². The molecule has 20 heavy (non-hydrogen) atoms. The first-order chi connectivity index (χ1) is 9.40. The van der Waals surface area contributed by atoms with Crippen LogP contribution < -0.4 is 10.1 Å². The number of carboxylic acids is 1. The average Bonchev–Trinajstić information content (AvgIpc) is 2.43. The number of aliphatic hydroxyl groups excluding tert-OH is 1. The second-order valence-corrected chi connectivity index (χ2v) is 3.69. The summed E-state index contributed by atoms with van der Waals surface area (Å²) in [6.45, 7) is -0.773. The number of nitro groups is 1. The van der Waals surface area contributed by atoms with Crippen molar-refractivity contribution in [2.45, 2.75) is 6.04 Å². The number of carbonyl (C=O) groups excluding carboxylic acids is 1. The molecule has 0 radical (unpaired) electrons. The number of nitrogens with one attached hydrogen (secondary N) is 1. The minimum absolute atomic E-state index is 0.0212. The second-order valence-electron chi connectivity index (χ2n) is 3.69. The Labute approximate surface area is 112 Å². The SMILES string of the molecule is COc1cc(C(=O)N[C@H](CO)C(=O)O)ccc1[N+](=O)[O-]. The monoisotopic (exact) mass is 284 g/mol. The maximum atomic E-state index is 11.8. The van der Waals surface area contributed by atoms with Crippen molar-refractivity contribution in [3.05, 3.63) is 33.9 Å². The summed E-state index contributed by atoms with van der Waals surface area (Å²) >= 11 is 0. The lowest BCUT2D eigenvalue weighted by Crippen LogP contribution is -2.43. The Morgan fingerprint density at radius 3 is 2.60 bits per heavy atom. The Morgan fingerprint density at radius 1 is 1.50 bits per heavy atom. The number of aliphatic hydroxyl groups is 1. The number of methoxy groups -OCH3 is 1. The number of hydrogen-bond acceptors (Lipinski definition) is 6. The number of amides is 1. The van der Waals surface area contributed by atoms with Gasteiger partial charge < -0.3 is 20.3 Å². The third kappa shape index (κ3) is 3.42. The van der Waals surface area contributed by atoms with Crippen LogP contribution in [0, 0.1) is 10.1 Å². The molecule has 3 N–H and O–H groups in total. The van der Waals surface area contributed by atoms with E-state index in [0.717, 1.165) is 18.2 Å². The van der Waals surface area contributed by atoms with Crippen LogP contribution in [0.3, 0.4) is 0 Å². The van der Waals surface area contributed by atoms with Gasteiger partial charge in [0.2, 0.25) is 0 Å². The lowest BCUT2D eigenvalue weighted by molar-refractivity contribution is -0.385. The number of carbonyl (C=O) groups is 2. The quantitative estimate of drug-likeness (QED) is 0.484. The molecular weight excluding hydrogens is 272 g/mol. The molecule has 1 aromatic rings. The van der Waals surface area contributed by atoms with Crippen LogP contribution in [0.15, 0.2) is 18.2 Å². The number of aliphatic carboxylic acids is 1. The van der Waals surface area contributed by atoms with E-state index in [1.54, 1.807) is 0 Å². The van der Waals surface area contributed by atoms with Crippen molar-refractivity contribution in [3.63, 3.8) is 0 Å². The van der Waals surface area contributed by atoms with Crippen LogP contribution >= 0.6 is 0 Å². The van der Waals surface area contributed by atoms with Crippen molar-refractivity contribution < 1.29 is 29.5 Å². The standard InChI is InChI=1S/C11H12N2O7/c1-20-9-4-6(2-3-8(9)13(18)19)10(15)12-7(5-14)11(16)17/h2-4,7,14H,5H2,1H3,(H,12,15)(H,16,17)/t7-/m1/s1. The maximum absolute atomic E-state index is 11.8. The van der Waals surface area contributed by atoms with Crippen LogP contribution in [0.2, 0.25) is 0 Å². The van der Waals surface area contributed by atoms with E-state index >= 15 is 0 Å². The summed E-state index contributed by atoms with van der Waals surface area (Å²) in [4.78, 5) is 32.4. The third-order valence-corrected chi connectivity index (χ3v) is 2.42. The van der Waals surface area contributed by atoms with Crippen molar-refractivity contribution in [1.29, 1.82) is 0 Å². The Bertz CT molecular complexity index is 544. The lowest BCUT2D eigenvalue weighted by atomic mass is 10.1. The molecule has 9 heteroatoms. The Balaban J connectivity index is 3.00. The molecule has 0 spiro atoms. The van der Waals surface area contributed by atoms with Crippen LogP contribution in [-0.4, -0.2) is 46.8 Å². The van der Waals surface area contributed by atoms with E-state index in [0.29, 0.717) is 0 Å². The first-order valence-electron chi connectivity index (χ1n) is 5.37. The highest BCUT2D eigenvalue weighted by Gasteiger charge is 2.22. The molecule has 1 rings (SSSR count). The summed E-state index contributed by atoms with van der Waals surface area (Å²) in [5.74, 6) is -2.31. The predicted octanol–water partition coefficient (Wildman–Crippen LogP) is -0.221. The first-order valence-corrected chi connectivity index (χ1v) is 5.37. The first kappa shape index (κ1) is 15.4. The van der Waals surface area contributed by atoms with Crippen molar-refractivity contribution in [2.24, 2.45) is 0 Å². The molecule has 9 nitrogen and oxygen atoms in total. The fourth-order valence-corrected chi connectivity index (χ4v) is 1.40. The fourth-order valence-electron chi connectivity index (χ4n) is 1.40. The molecule has 108 valence electrons. The van der Waals surface area contributed by atoms with Crippen LogP contribution in [0.1, 0.15) is 10.4 Å². The van der Waals surface area contributed by atoms with Crippen molar-refractivity contribution in [2.75, 3.05) is 13.7 Å². The Hall–Kier alpha value is -2.68. The summed E-state index contributed by atoms with van der Waals surface area (Å²) < 4.78 is 4.79. The van der Waals surface area contributed by atoms with Gasteiger partial charge in [-0.2, -0.15) is 0 Å². The smallest absolute Gasteiger partial charge is 0.328 e. The van der Waals surface area contributed by atoms with E-state index in [1.807, 2.05) is 0 Å². The number of ether oxygens (including phenoxy) is 1. The van der Waals surface area contributed by atoms with Gasteiger partial charge in [0.15, 0.2) is 11.8 Å². The van der Waals surface area contributed by atoms with Gasteiger partial charge in [0.1, 0.15) is 0 Å². The van der Waals surface area contributed by atoms with Crippen LogP contribution in [0.5, 0.6) is 5.75 Å². The molecule has 0 saturated heterocycles. The van der Waals surface area contributed by atoms with Gasteiger partial charge in [-0.1, -0.05) is 0 Å². The highest BCUT2D eigenvalue weighted by atomic mass is 16.6. The summed E-state index contributed by atoms with van der Waals surface area (Å²) in [6, 6.07) is 1.89. The number of nitrogens with zero attached hydrogens (tertiary/aromatic N) is 1.